The number of hydrogen-bond acceptors (Lipinski definition) is 3. The Balaban J connectivity index is 1.71. The number of nitrogens with zero attached hydrogens (tertiary/aromatic N) is 2. The number of pyridine rings is 1. The second-order valence-corrected chi connectivity index (χ2v) is 4.52. The van der Waals surface area contributed by atoms with Crippen molar-refractivity contribution >= 4 is 5.69 Å². The van der Waals surface area contributed by atoms with Crippen LogP contribution in [0.15, 0.2) is 18.3 Å². The normalized spacial score (nSPS) is 22.2. The molecule has 2 heterocycles. The van der Waals surface area contributed by atoms with E-state index in [4.69, 9.17) is 5.11 Å². The molecule has 0 unspecified atom stereocenters. The molecule has 1 aliphatic heterocycles. The van der Waals surface area contributed by atoms with Crippen molar-refractivity contribution in [3.8, 4) is 0 Å². The van der Waals surface area contributed by atoms with Crippen LogP contribution >= 0.6 is 0 Å². The van der Waals surface area contributed by atoms with Gasteiger partial charge in [0, 0.05) is 18.5 Å². The molecule has 0 aromatic carbocycles. The summed E-state index contributed by atoms with van der Waals surface area (Å²) >= 11 is 0. The number of anilines is 1. The third-order valence-electron chi connectivity index (χ3n) is 3.35. The first-order chi connectivity index (χ1) is 6.81. The maximum atomic E-state index is 8.86. The van der Waals surface area contributed by atoms with Crippen LogP contribution < -0.4 is 4.90 Å². The highest BCUT2D eigenvalue weighted by atomic mass is 16.3. The van der Waals surface area contributed by atoms with Crippen LogP contribution in [0.5, 0.6) is 0 Å². The molecule has 74 valence electrons. The lowest BCUT2D eigenvalue weighted by Crippen LogP contribution is -2.48. The maximum Gasteiger partial charge on any atom is 0.0852 e. The monoisotopic (exact) mass is 190 g/mol. The topological polar surface area (TPSA) is 36.4 Å². The van der Waals surface area contributed by atoms with Gasteiger partial charge in [-0.2, -0.15) is 0 Å². The zero-order valence-corrected chi connectivity index (χ0v) is 8.11. The molecule has 0 bridgehead atoms. The van der Waals surface area contributed by atoms with Crippen molar-refractivity contribution in [3.05, 3.63) is 24.0 Å². The second kappa shape index (κ2) is 2.70. The van der Waals surface area contributed by atoms with Crippen molar-refractivity contribution in [2.75, 3.05) is 18.0 Å². The summed E-state index contributed by atoms with van der Waals surface area (Å²) in [6.07, 6.45) is 4.68. The van der Waals surface area contributed by atoms with Gasteiger partial charge in [-0.15, -0.1) is 0 Å². The highest BCUT2D eigenvalue weighted by molar-refractivity contribution is 5.49. The van der Waals surface area contributed by atoms with Crippen LogP contribution in [-0.4, -0.2) is 23.2 Å². The molecule has 2 aliphatic rings. The highest BCUT2D eigenvalue weighted by Crippen LogP contribution is 2.53. The van der Waals surface area contributed by atoms with E-state index >= 15 is 0 Å². The van der Waals surface area contributed by atoms with Gasteiger partial charge in [0.05, 0.1) is 24.2 Å². The van der Waals surface area contributed by atoms with Gasteiger partial charge in [-0.25, -0.2) is 0 Å². The first-order valence-corrected chi connectivity index (χ1v) is 5.12. The van der Waals surface area contributed by atoms with Crippen LogP contribution in [0, 0.1) is 5.41 Å². The van der Waals surface area contributed by atoms with Crippen LogP contribution in [-0.2, 0) is 6.61 Å². The van der Waals surface area contributed by atoms with Crippen molar-refractivity contribution in [1.82, 2.24) is 4.98 Å². The van der Waals surface area contributed by atoms with Crippen molar-refractivity contribution in [3.63, 3.8) is 0 Å². The Morgan fingerprint density at radius 3 is 2.64 bits per heavy atom. The molecule has 1 saturated heterocycles. The summed E-state index contributed by atoms with van der Waals surface area (Å²) in [5.74, 6) is 0. The van der Waals surface area contributed by atoms with Crippen LogP contribution in [0.3, 0.4) is 0 Å². The number of aliphatic hydroxyl groups excluding tert-OH is 1. The van der Waals surface area contributed by atoms with E-state index in [9.17, 15) is 0 Å². The zero-order valence-electron chi connectivity index (χ0n) is 8.11. The molecular formula is C11H14N2O. The molecular weight excluding hydrogens is 176 g/mol. The smallest absolute Gasteiger partial charge is 0.0852 e. The van der Waals surface area contributed by atoms with Crippen molar-refractivity contribution in [1.29, 1.82) is 0 Å². The standard InChI is InChI=1S/C11H14N2O/c14-6-9-1-2-10(5-12-9)13-7-11(8-13)3-4-11/h1-2,5,14H,3-4,6-8H2. The van der Waals surface area contributed by atoms with E-state index in [2.05, 4.69) is 9.88 Å². The summed E-state index contributed by atoms with van der Waals surface area (Å²) in [6, 6.07) is 3.95. The van der Waals surface area contributed by atoms with Gasteiger partial charge < -0.3 is 10.0 Å². The number of aromatic nitrogens is 1. The van der Waals surface area contributed by atoms with Crippen LogP contribution in [0.1, 0.15) is 18.5 Å². The van der Waals surface area contributed by atoms with E-state index in [1.807, 2.05) is 18.3 Å². The molecule has 0 radical (unpaired) electrons. The van der Waals surface area contributed by atoms with Gasteiger partial charge in [-0.05, 0) is 25.0 Å². The molecule has 1 spiro atoms. The van der Waals surface area contributed by atoms with Gasteiger partial charge in [0.25, 0.3) is 0 Å². The third-order valence-corrected chi connectivity index (χ3v) is 3.35. The molecule has 1 saturated carbocycles. The quantitative estimate of drug-likeness (QED) is 0.760. The Labute approximate surface area is 83.4 Å². The lowest BCUT2D eigenvalue weighted by atomic mass is 9.96. The molecule has 1 aromatic rings. The lowest BCUT2D eigenvalue weighted by molar-refractivity contribution is 0.277. The Morgan fingerprint density at radius 2 is 2.14 bits per heavy atom. The van der Waals surface area contributed by atoms with E-state index < -0.39 is 0 Å². The van der Waals surface area contributed by atoms with Crippen molar-refractivity contribution in [2.45, 2.75) is 19.4 Å². The Kier molecular flexibility index (Phi) is 1.59. The summed E-state index contributed by atoms with van der Waals surface area (Å²) in [7, 11) is 0. The largest absolute Gasteiger partial charge is 0.390 e. The first kappa shape index (κ1) is 8.24. The lowest BCUT2D eigenvalue weighted by Gasteiger charge is -2.41. The minimum atomic E-state index is 0.0320. The van der Waals surface area contributed by atoms with Gasteiger partial charge in [0.1, 0.15) is 0 Å². The molecule has 14 heavy (non-hydrogen) atoms. The zero-order chi connectivity index (χ0) is 9.60. The number of aliphatic hydroxyl groups is 1. The molecule has 0 amide bonds. The Bertz CT molecular complexity index is 335. The molecule has 2 fully saturated rings. The fourth-order valence-corrected chi connectivity index (χ4v) is 2.14. The second-order valence-electron chi connectivity index (χ2n) is 4.52. The first-order valence-electron chi connectivity index (χ1n) is 5.12. The average Bonchev–Trinajstić information content (AvgIpc) is 2.96. The summed E-state index contributed by atoms with van der Waals surface area (Å²) in [4.78, 5) is 6.54. The van der Waals surface area contributed by atoms with Crippen molar-refractivity contribution in [2.24, 2.45) is 5.41 Å². The predicted octanol–water partition coefficient (Wildman–Crippen LogP) is 1.17. The minimum Gasteiger partial charge on any atom is -0.390 e. The van der Waals surface area contributed by atoms with Crippen LogP contribution in [0.2, 0.25) is 0 Å². The average molecular weight is 190 g/mol. The molecule has 0 atom stereocenters. The van der Waals surface area contributed by atoms with E-state index in [1.54, 1.807) is 0 Å². The van der Waals surface area contributed by atoms with E-state index in [-0.39, 0.29) is 6.61 Å². The van der Waals surface area contributed by atoms with E-state index in [1.165, 1.54) is 31.6 Å². The van der Waals surface area contributed by atoms with Gasteiger partial charge in [0.15, 0.2) is 0 Å². The predicted molar refractivity (Wildman–Crippen MR) is 54.0 cm³/mol. The fourth-order valence-electron chi connectivity index (χ4n) is 2.14. The fraction of sp³-hybridized carbons (Fsp3) is 0.545. The van der Waals surface area contributed by atoms with E-state index in [0.29, 0.717) is 5.41 Å². The van der Waals surface area contributed by atoms with Gasteiger partial charge in [0.2, 0.25) is 0 Å². The molecule has 1 aliphatic carbocycles. The molecule has 1 N–H and O–H groups in total. The highest BCUT2D eigenvalue weighted by Gasteiger charge is 2.52. The molecule has 3 rings (SSSR count). The number of rotatable bonds is 2. The van der Waals surface area contributed by atoms with Gasteiger partial charge >= 0.3 is 0 Å². The van der Waals surface area contributed by atoms with Gasteiger partial charge in [-0.1, -0.05) is 0 Å². The van der Waals surface area contributed by atoms with Crippen molar-refractivity contribution < 1.29 is 5.11 Å². The molecule has 3 heteroatoms. The summed E-state index contributed by atoms with van der Waals surface area (Å²) in [5.41, 5.74) is 2.63. The van der Waals surface area contributed by atoms with Crippen LogP contribution in [0.25, 0.3) is 0 Å². The third kappa shape index (κ3) is 1.20. The van der Waals surface area contributed by atoms with E-state index in [0.717, 1.165) is 5.69 Å². The summed E-state index contributed by atoms with van der Waals surface area (Å²) < 4.78 is 0. The minimum absolute atomic E-state index is 0.0320. The van der Waals surface area contributed by atoms with Crippen LogP contribution in [0.4, 0.5) is 5.69 Å². The van der Waals surface area contributed by atoms with Gasteiger partial charge in [-0.3, -0.25) is 4.98 Å². The number of hydrogen-bond donors (Lipinski definition) is 1. The summed E-state index contributed by atoms with van der Waals surface area (Å²) in [5, 5.41) is 8.86. The Morgan fingerprint density at radius 1 is 1.36 bits per heavy atom. The Hall–Kier alpha value is -1.09. The molecule has 1 aromatic heterocycles. The molecule has 3 nitrogen and oxygen atoms in total. The maximum absolute atomic E-state index is 8.86. The summed E-state index contributed by atoms with van der Waals surface area (Å²) in [6.45, 7) is 2.44. The SMILES string of the molecule is OCc1ccc(N2CC3(CC3)C2)cn1.